The molecule has 0 spiro atoms. The van der Waals surface area contributed by atoms with E-state index in [0.29, 0.717) is 35.8 Å². The van der Waals surface area contributed by atoms with Crippen molar-refractivity contribution in [1.29, 1.82) is 0 Å². The van der Waals surface area contributed by atoms with Gasteiger partial charge in [-0.3, -0.25) is 4.79 Å². The van der Waals surface area contributed by atoms with Gasteiger partial charge in [0, 0.05) is 24.0 Å². The Bertz CT molecular complexity index is 919. The molecule has 0 aromatic heterocycles. The molecule has 0 unspecified atom stereocenters. The van der Waals surface area contributed by atoms with Crippen molar-refractivity contribution >= 4 is 27.5 Å². The predicted molar refractivity (Wildman–Crippen MR) is 111 cm³/mol. The van der Waals surface area contributed by atoms with Gasteiger partial charge in [0.1, 0.15) is 0 Å². The van der Waals surface area contributed by atoms with Crippen molar-refractivity contribution in [2.24, 2.45) is 5.92 Å². The number of nitrogens with zero attached hydrogens (tertiary/aromatic N) is 1. The van der Waals surface area contributed by atoms with E-state index in [9.17, 15) is 13.2 Å². The number of carbonyl (C=O) groups is 1. The standard InChI is InChI=1S/C21H25ClN2O3S/c1-15-3-9-20(10-4-15)28(26,27)24-13-11-18(12-14-24)21(25)23-16(2)17-5-7-19(22)8-6-17/h3-10,16,18H,11-14H2,1-2H3,(H,23,25)/t16-/m1/s1. The molecule has 150 valence electrons. The lowest BCUT2D eigenvalue weighted by Crippen LogP contribution is -2.43. The van der Waals surface area contributed by atoms with Gasteiger partial charge in [0.05, 0.1) is 10.9 Å². The second-order valence-corrected chi connectivity index (χ2v) is 9.65. The average Bonchev–Trinajstić information content (AvgIpc) is 2.69. The number of sulfonamides is 1. The van der Waals surface area contributed by atoms with Gasteiger partial charge in [0.15, 0.2) is 0 Å². The molecule has 2 aromatic carbocycles. The minimum atomic E-state index is -3.51. The monoisotopic (exact) mass is 420 g/mol. The number of piperidine rings is 1. The highest BCUT2D eigenvalue weighted by Crippen LogP contribution is 2.25. The fourth-order valence-corrected chi connectivity index (χ4v) is 4.98. The normalized spacial score (nSPS) is 17.2. The summed E-state index contributed by atoms with van der Waals surface area (Å²) in [6.45, 7) is 4.55. The van der Waals surface area contributed by atoms with Crippen LogP contribution >= 0.6 is 11.6 Å². The van der Waals surface area contributed by atoms with Crippen LogP contribution in [0.3, 0.4) is 0 Å². The second-order valence-electron chi connectivity index (χ2n) is 7.27. The van der Waals surface area contributed by atoms with Crippen molar-refractivity contribution in [3.05, 3.63) is 64.7 Å². The van der Waals surface area contributed by atoms with Crippen LogP contribution in [0.2, 0.25) is 5.02 Å². The average molecular weight is 421 g/mol. The molecule has 1 amide bonds. The first-order valence-corrected chi connectivity index (χ1v) is 11.2. The van der Waals surface area contributed by atoms with Crippen LogP contribution < -0.4 is 5.32 Å². The molecular formula is C21H25ClN2O3S. The first kappa shape index (κ1) is 20.8. The minimum absolute atomic E-state index is 0.0326. The summed E-state index contributed by atoms with van der Waals surface area (Å²) in [6, 6.07) is 14.1. The van der Waals surface area contributed by atoms with Crippen LogP contribution in [0.25, 0.3) is 0 Å². The van der Waals surface area contributed by atoms with Crippen LogP contribution in [-0.2, 0) is 14.8 Å². The molecule has 0 saturated carbocycles. The zero-order chi connectivity index (χ0) is 20.3. The third-order valence-corrected chi connectivity index (χ3v) is 7.38. The quantitative estimate of drug-likeness (QED) is 0.796. The van der Waals surface area contributed by atoms with Gasteiger partial charge in [0.2, 0.25) is 15.9 Å². The van der Waals surface area contributed by atoms with Crippen LogP contribution in [0.5, 0.6) is 0 Å². The van der Waals surface area contributed by atoms with Gasteiger partial charge in [-0.25, -0.2) is 8.42 Å². The van der Waals surface area contributed by atoms with Gasteiger partial charge in [-0.05, 0) is 56.5 Å². The molecule has 1 aliphatic heterocycles. The van der Waals surface area contributed by atoms with Gasteiger partial charge in [-0.1, -0.05) is 41.4 Å². The lowest BCUT2D eigenvalue weighted by molar-refractivity contribution is -0.126. The Morgan fingerprint density at radius 2 is 1.64 bits per heavy atom. The van der Waals surface area contributed by atoms with Crippen molar-refractivity contribution in [2.75, 3.05) is 13.1 Å². The maximum atomic E-state index is 12.8. The zero-order valence-electron chi connectivity index (χ0n) is 16.1. The van der Waals surface area contributed by atoms with Crippen LogP contribution in [0.15, 0.2) is 53.4 Å². The Kier molecular flexibility index (Phi) is 6.43. The molecule has 1 heterocycles. The lowest BCUT2D eigenvalue weighted by atomic mass is 9.96. The van der Waals surface area contributed by atoms with Crippen molar-refractivity contribution in [1.82, 2.24) is 9.62 Å². The van der Waals surface area contributed by atoms with Gasteiger partial charge < -0.3 is 5.32 Å². The van der Waals surface area contributed by atoms with Gasteiger partial charge in [0.25, 0.3) is 0 Å². The van der Waals surface area contributed by atoms with Gasteiger partial charge in [-0.2, -0.15) is 4.31 Å². The van der Waals surface area contributed by atoms with Crippen LogP contribution in [0.1, 0.15) is 36.9 Å². The van der Waals surface area contributed by atoms with Crippen molar-refractivity contribution in [3.63, 3.8) is 0 Å². The predicted octanol–water partition coefficient (Wildman–Crippen LogP) is 3.93. The fourth-order valence-electron chi connectivity index (χ4n) is 3.38. The molecule has 3 rings (SSSR count). The molecule has 28 heavy (non-hydrogen) atoms. The summed E-state index contributed by atoms with van der Waals surface area (Å²) in [5.74, 6) is -0.214. The maximum absolute atomic E-state index is 12.8. The first-order chi connectivity index (χ1) is 13.3. The number of hydrogen-bond acceptors (Lipinski definition) is 3. The highest BCUT2D eigenvalue weighted by molar-refractivity contribution is 7.89. The number of amides is 1. The molecule has 2 aromatic rings. The fraction of sp³-hybridized carbons (Fsp3) is 0.381. The molecule has 0 aliphatic carbocycles. The maximum Gasteiger partial charge on any atom is 0.243 e. The number of hydrogen-bond donors (Lipinski definition) is 1. The number of aryl methyl sites for hydroxylation is 1. The summed E-state index contributed by atoms with van der Waals surface area (Å²) in [5, 5.41) is 3.68. The van der Waals surface area contributed by atoms with E-state index in [1.165, 1.54) is 4.31 Å². The molecule has 0 radical (unpaired) electrons. The Morgan fingerprint density at radius 1 is 1.07 bits per heavy atom. The molecule has 5 nitrogen and oxygen atoms in total. The Balaban J connectivity index is 1.57. The zero-order valence-corrected chi connectivity index (χ0v) is 17.6. The van der Waals surface area contributed by atoms with Crippen molar-refractivity contribution in [2.45, 2.75) is 37.6 Å². The van der Waals surface area contributed by atoms with E-state index >= 15 is 0 Å². The smallest absolute Gasteiger partial charge is 0.243 e. The number of nitrogens with one attached hydrogen (secondary N) is 1. The van der Waals surface area contributed by atoms with E-state index in [4.69, 9.17) is 11.6 Å². The summed E-state index contributed by atoms with van der Waals surface area (Å²) in [6.07, 6.45) is 1.04. The molecule has 1 fully saturated rings. The van der Waals surface area contributed by atoms with E-state index in [1.54, 1.807) is 36.4 Å². The van der Waals surface area contributed by atoms with E-state index in [1.807, 2.05) is 26.0 Å². The highest BCUT2D eigenvalue weighted by atomic mass is 35.5. The molecule has 0 bridgehead atoms. The summed E-state index contributed by atoms with van der Waals surface area (Å²) in [7, 11) is -3.51. The van der Waals surface area contributed by atoms with Crippen LogP contribution in [-0.4, -0.2) is 31.7 Å². The largest absolute Gasteiger partial charge is 0.349 e. The number of benzene rings is 2. The Hall–Kier alpha value is -1.89. The topological polar surface area (TPSA) is 66.5 Å². The molecular weight excluding hydrogens is 396 g/mol. The van der Waals surface area contributed by atoms with Crippen LogP contribution in [0.4, 0.5) is 0 Å². The van der Waals surface area contributed by atoms with E-state index in [2.05, 4.69) is 5.32 Å². The third-order valence-electron chi connectivity index (χ3n) is 5.21. The number of halogens is 1. The van der Waals surface area contributed by atoms with Gasteiger partial charge in [-0.15, -0.1) is 0 Å². The van der Waals surface area contributed by atoms with E-state index < -0.39 is 10.0 Å². The highest BCUT2D eigenvalue weighted by Gasteiger charge is 2.32. The summed E-state index contributed by atoms with van der Waals surface area (Å²) in [4.78, 5) is 12.9. The van der Waals surface area contributed by atoms with Crippen molar-refractivity contribution < 1.29 is 13.2 Å². The number of carbonyl (C=O) groups excluding carboxylic acids is 1. The van der Waals surface area contributed by atoms with E-state index in [-0.39, 0.29) is 17.9 Å². The SMILES string of the molecule is Cc1ccc(S(=O)(=O)N2CCC(C(=O)N[C@H](C)c3ccc(Cl)cc3)CC2)cc1. The summed E-state index contributed by atoms with van der Waals surface area (Å²) in [5.41, 5.74) is 2.00. The molecule has 1 saturated heterocycles. The van der Waals surface area contributed by atoms with Gasteiger partial charge >= 0.3 is 0 Å². The second kappa shape index (κ2) is 8.64. The van der Waals surface area contributed by atoms with E-state index in [0.717, 1.165) is 11.1 Å². The molecule has 1 atom stereocenters. The molecule has 7 heteroatoms. The Morgan fingerprint density at radius 3 is 2.21 bits per heavy atom. The summed E-state index contributed by atoms with van der Waals surface area (Å²) >= 11 is 5.91. The minimum Gasteiger partial charge on any atom is -0.349 e. The van der Waals surface area contributed by atoms with Crippen molar-refractivity contribution in [3.8, 4) is 0 Å². The third kappa shape index (κ3) is 4.74. The molecule has 1 aliphatic rings. The van der Waals surface area contributed by atoms with Crippen LogP contribution in [0, 0.1) is 12.8 Å². The summed E-state index contributed by atoms with van der Waals surface area (Å²) < 4.78 is 27.0. The lowest BCUT2D eigenvalue weighted by Gasteiger charge is -2.31. The molecule has 1 N–H and O–H groups in total. The Labute approximate surface area is 171 Å². The number of rotatable bonds is 5. The first-order valence-electron chi connectivity index (χ1n) is 9.40.